The Hall–Kier alpha value is -1.23. The van der Waals surface area contributed by atoms with E-state index in [-0.39, 0.29) is 5.71 Å². The first-order chi connectivity index (χ1) is 7.06. The number of aromatic nitrogens is 1. The molecule has 0 saturated carbocycles. The number of aliphatic carboxylic acids is 1. The van der Waals surface area contributed by atoms with Crippen molar-refractivity contribution in [1.29, 1.82) is 5.41 Å². The minimum Gasteiger partial charge on any atom is -0.481 e. The van der Waals surface area contributed by atoms with Crippen molar-refractivity contribution in [3.8, 4) is 0 Å². The highest BCUT2D eigenvalue weighted by molar-refractivity contribution is 9.10. The van der Waals surface area contributed by atoms with Gasteiger partial charge in [0.15, 0.2) is 0 Å². The zero-order valence-corrected chi connectivity index (χ0v) is 9.78. The molecule has 0 aromatic carbocycles. The second-order valence-corrected chi connectivity index (χ2v) is 3.99. The number of carboxylic acids is 1. The van der Waals surface area contributed by atoms with E-state index < -0.39 is 11.9 Å². The molecule has 0 fully saturated rings. The summed E-state index contributed by atoms with van der Waals surface area (Å²) in [6.45, 7) is 1.74. The Kier molecular flexibility index (Phi) is 3.96. The molecule has 0 aliphatic carbocycles. The van der Waals surface area contributed by atoms with Gasteiger partial charge in [-0.15, -0.1) is 0 Å². The van der Waals surface area contributed by atoms with Crippen LogP contribution < -0.4 is 0 Å². The molecule has 0 bridgehead atoms. The lowest BCUT2D eigenvalue weighted by Crippen LogP contribution is -2.23. The van der Waals surface area contributed by atoms with Crippen molar-refractivity contribution in [2.75, 3.05) is 0 Å². The molecule has 1 unspecified atom stereocenters. The molecule has 15 heavy (non-hydrogen) atoms. The number of halogens is 1. The number of hydrogen-bond donors (Lipinski definition) is 2. The summed E-state index contributed by atoms with van der Waals surface area (Å²) in [5.74, 6) is -1.76. The first-order valence-electron chi connectivity index (χ1n) is 4.49. The van der Waals surface area contributed by atoms with Crippen molar-refractivity contribution >= 4 is 27.6 Å². The highest BCUT2D eigenvalue weighted by Gasteiger charge is 2.22. The molecule has 2 N–H and O–H groups in total. The van der Waals surface area contributed by atoms with Crippen LogP contribution >= 0.6 is 15.9 Å². The summed E-state index contributed by atoms with van der Waals surface area (Å²) in [6, 6.07) is 3.38. The van der Waals surface area contributed by atoms with Gasteiger partial charge in [-0.2, -0.15) is 0 Å². The maximum absolute atomic E-state index is 10.8. The molecular formula is C10H11BrN2O2. The lowest BCUT2D eigenvalue weighted by atomic mass is 9.98. The zero-order valence-electron chi connectivity index (χ0n) is 8.20. The molecule has 80 valence electrons. The van der Waals surface area contributed by atoms with E-state index in [4.69, 9.17) is 10.5 Å². The van der Waals surface area contributed by atoms with Gasteiger partial charge in [-0.25, -0.2) is 0 Å². The van der Waals surface area contributed by atoms with Crippen molar-refractivity contribution in [2.24, 2.45) is 5.92 Å². The number of carboxylic acid groups (broad SMARTS) is 1. The molecule has 1 aromatic heterocycles. The number of pyridine rings is 1. The number of rotatable bonds is 4. The summed E-state index contributed by atoms with van der Waals surface area (Å²) >= 11 is 3.23. The van der Waals surface area contributed by atoms with Crippen LogP contribution in [0.5, 0.6) is 0 Å². The fourth-order valence-corrected chi connectivity index (χ4v) is 1.45. The van der Waals surface area contributed by atoms with Gasteiger partial charge in [-0.05, 0) is 34.5 Å². The fourth-order valence-electron chi connectivity index (χ4n) is 1.22. The van der Waals surface area contributed by atoms with Crippen molar-refractivity contribution in [2.45, 2.75) is 13.3 Å². The molecule has 1 atom stereocenters. The van der Waals surface area contributed by atoms with Crippen LogP contribution in [0.1, 0.15) is 19.0 Å². The van der Waals surface area contributed by atoms with E-state index in [1.807, 2.05) is 0 Å². The van der Waals surface area contributed by atoms with E-state index in [9.17, 15) is 4.79 Å². The Balaban J connectivity index is 2.93. The molecule has 0 radical (unpaired) electrons. The second-order valence-electron chi connectivity index (χ2n) is 3.07. The molecular weight excluding hydrogens is 260 g/mol. The Morgan fingerprint density at radius 2 is 2.33 bits per heavy atom. The van der Waals surface area contributed by atoms with E-state index in [2.05, 4.69) is 20.9 Å². The largest absolute Gasteiger partial charge is 0.481 e. The second kappa shape index (κ2) is 5.02. The monoisotopic (exact) mass is 270 g/mol. The number of nitrogens with one attached hydrogen (secondary N) is 1. The minimum absolute atomic E-state index is 0.0532. The number of nitrogens with zero attached hydrogens (tertiary/aromatic N) is 1. The predicted molar refractivity (Wildman–Crippen MR) is 60.2 cm³/mol. The van der Waals surface area contributed by atoms with Gasteiger partial charge in [0.25, 0.3) is 0 Å². The highest BCUT2D eigenvalue weighted by Crippen LogP contribution is 2.13. The van der Waals surface area contributed by atoms with Gasteiger partial charge in [-0.3, -0.25) is 9.78 Å². The molecule has 5 heteroatoms. The van der Waals surface area contributed by atoms with E-state index in [0.29, 0.717) is 12.1 Å². The van der Waals surface area contributed by atoms with Gasteiger partial charge in [0.1, 0.15) is 5.92 Å². The third-order valence-electron chi connectivity index (χ3n) is 2.06. The van der Waals surface area contributed by atoms with E-state index in [0.717, 1.165) is 4.47 Å². The van der Waals surface area contributed by atoms with Gasteiger partial charge >= 0.3 is 5.97 Å². The van der Waals surface area contributed by atoms with Gasteiger partial charge in [0.05, 0.1) is 11.4 Å². The zero-order chi connectivity index (χ0) is 11.4. The predicted octanol–water partition coefficient (Wildman–Crippen LogP) is 2.32. The van der Waals surface area contributed by atoms with Crippen molar-refractivity contribution in [3.63, 3.8) is 0 Å². The van der Waals surface area contributed by atoms with E-state index in [1.54, 1.807) is 25.3 Å². The Bertz CT molecular complexity index is 376. The molecule has 0 spiro atoms. The maximum Gasteiger partial charge on any atom is 0.312 e. The van der Waals surface area contributed by atoms with Gasteiger partial charge < -0.3 is 10.5 Å². The third kappa shape index (κ3) is 2.86. The molecule has 0 saturated heterocycles. The summed E-state index contributed by atoms with van der Waals surface area (Å²) in [7, 11) is 0. The first-order valence-corrected chi connectivity index (χ1v) is 5.28. The third-order valence-corrected chi connectivity index (χ3v) is 2.53. The van der Waals surface area contributed by atoms with Gasteiger partial charge in [-0.1, -0.05) is 6.92 Å². The smallest absolute Gasteiger partial charge is 0.312 e. The lowest BCUT2D eigenvalue weighted by Gasteiger charge is -2.10. The SMILES string of the molecule is CCC(C(=N)c1ccc(Br)cn1)C(=O)O. The molecule has 0 aliphatic heterocycles. The van der Waals surface area contributed by atoms with Crippen LogP contribution in [-0.2, 0) is 4.79 Å². The van der Waals surface area contributed by atoms with Crippen LogP contribution in [0, 0.1) is 11.3 Å². The summed E-state index contributed by atoms with van der Waals surface area (Å²) in [6.07, 6.45) is 1.95. The van der Waals surface area contributed by atoms with E-state index >= 15 is 0 Å². The molecule has 1 heterocycles. The lowest BCUT2D eigenvalue weighted by molar-refractivity contribution is -0.139. The van der Waals surface area contributed by atoms with Crippen LogP contribution in [0.3, 0.4) is 0 Å². The summed E-state index contributed by atoms with van der Waals surface area (Å²) < 4.78 is 0.808. The maximum atomic E-state index is 10.8. The molecule has 0 aliphatic rings. The van der Waals surface area contributed by atoms with Crippen molar-refractivity contribution in [1.82, 2.24) is 4.98 Å². The van der Waals surface area contributed by atoms with Crippen LogP contribution in [0.2, 0.25) is 0 Å². The van der Waals surface area contributed by atoms with Crippen LogP contribution in [0.15, 0.2) is 22.8 Å². The standard InChI is InChI=1S/C10H11BrN2O2/c1-2-7(10(14)15)9(12)8-4-3-6(11)5-13-8/h3-5,7,12H,2H2,1H3,(H,14,15). The van der Waals surface area contributed by atoms with Crippen LogP contribution in [0.4, 0.5) is 0 Å². The average molecular weight is 271 g/mol. The van der Waals surface area contributed by atoms with E-state index in [1.165, 1.54) is 0 Å². The Morgan fingerprint density at radius 1 is 1.67 bits per heavy atom. The summed E-state index contributed by atoms with van der Waals surface area (Å²) in [4.78, 5) is 14.8. The summed E-state index contributed by atoms with van der Waals surface area (Å²) in [5, 5.41) is 16.6. The van der Waals surface area contributed by atoms with Crippen molar-refractivity contribution < 1.29 is 9.90 Å². The van der Waals surface area contributed by atoms with Crippen molar-refractivity contribution in [3.05, 3.63) is 28.5 Å². The van der Waals surface area contributed by atoms with Gasteiger partial charge in [0, 0.05) is 10.7 Å². The number of hydrogen-bond acceptors (Lipinski definition) is 3. The molecule has 0 amide bonds. The number of carbonyl (C=O) groups is 1. The van der Waals surface area contributed by atoms with Crippen LogP contribution in [-0.4, -0.2) is 21.8 Å². The fraction of sp³-hybridized carbons (Fsp3) is 0.300. The molecule has 1 aromatic rings. The topological polar surface area (TPSA) is 74.0 Å². The quantitative estimate of drug-likeness (QED) is 0.825. The Morgan fingerprint density at radius 3 is 2.73 bits per heavy atom. The highest BCUT2D eigenvalue weighted by atomic mass is 79.9. The van der Waals surface area contributed by atoms with Crippen LogP contribution in [0.25, 0.3) is 0 Å². The average Bonchev–Trinajstić information content (AvgIpc) is 2.19. The minimum atomic E-state index is -0.979. The summed E-state index contributed by atoms with van der Waals surface area (Å²) in [5.41, 5.74) is 0.463. The first kappa shape index (κ1) is 11.8. The molecule has 4 nitrogen and oxygen atoms in total. The normalized spacial score (nSPS) is 12.1. The molecule has 1 rings (SSSR count). The van der Waals surface area contributed by atoms with Gasteiger partial charge in [0.2, 0.25) is 0 Å². The Labute approximate surface area is 96.0 Å².